The Morgan fingerprint density at radius 3 is 2.56 bits per heavy atom. The molecule has 0 amide bonds. The monoisotopic (exact) mass is 248 g/mol. The minimum Gasteiger partial charge on any atom is -0.493 e. The van der Waals surface area contributed by atoms with Gasteiger partial charge in [0.15, 0.2) is 11.5 Å². The van der Waals surface area contributed by atoms with Crippen LogP contribution in [0.3, 0.4) is 0 Å². The molecule has 98 valence electrons. The van der Waals surface area contributed by atoms with Gasteiger partial charge in [0.1, 0.15) is 0 Å². The number of hydrogen-bond acceptors (Lipinski definition) is 3. The molecule has 0 fully saturated rings. The number of ether oxygens (including phenoxy) is 1. The van der Waals surface area contributed by atoms with E-state index in [0.717, 1.165) is 0 Å². The third-order valence-electron chi connectivity index (χ3n) is 4.18. The number of carbonyl (C=O) groups is 2. The molecule has 3 heteroatoms. The van der Waals surface area contributed by atoms with Crippen molar-refractivity contribution in [2.24, 2.45) is 17.3 Å². The fourth-order valence-electron chi connectivity index (χ4n) is 3.04. The molecule has 2 atom stereocenters. The summed E-state index contributed by atoms with van der Waals surface area (Å²) in [6.45, 7) is 5.75. The summed E-state index contributed by atoms with van der Waals surface area (Å²) in [7, 11) is 1.48. The zero-order valence-electron chi connectivity index (χ0n) is 11.4. The van der Waals surface area contributed by atoms with Gasteiger partial charge >= 0.3 is 0 Å². The highest BCUT2D eigenvalue weighted by atomic mass is 16.5. The van der Waals surface area contributed by atoms with Crippen LogP contribution in [0, 0.1) is 17.3 Å². The first-order chi connectivity index (χ1) is 8.43. The Balaban J connectivity index is 2.59. The Kier molecular flexibility index (Phi) is 3.18. The molecule has 0 unspecified atom stereocenters. The van der Waals surface area contributed by atoms with Gasteiger partial charge in [0.2, 0.25) is 5.78 Å². The second kappa shape index (κ2) is 4.38. The standard InChI is InChI=1S/C15H20O3/c1-9(2)11-12(16)10-7-5-6-8-15(10,3)14(17)13(11)18-4/h5-6,9-10H,7-8H2,1-4H3/t10-,15-/m0/s1. The van der Waals surface area contributed by atoms with Crippen molar-refractivity contribution in [1.82, 2.24) is 0 Å². The maximum absolute atomic E-state index is 12.6. The molecule has 0 aromatic heterocycles. The summed E-state index contributed by atoms with van der Waals surface area (Å²) in [6, 6.07) is 0. The zero-order chi connectivity index (χ0) is 13.5. The van der Waals surface area contributed by atoms with Crippen molar-refractivity contribution < 1.29 is 14.3 Å². The van der Waals surface area contributed by atoms with Crippen LogP contribution in [0.1, 0.15) is 33.6 Å². The van der Waals surface area contributed by atoms with E-state index < -0.39 is 5.41 Å². The summed E-state index contributed by atoms with van der Waals surface area (Å²) in [5.74, 6) is 0.165. The molecule has 3 nitrogen and oxygen atoms in total. The molecule has 0 saturated carbocycles. The quantitative estimate of drug-likeness (QED) is 0.706. The Labute approximate surface area is 108 Å². The lowest BCUT2D eigenvalue weighted by molar-refractivity contribution is -0.140. The Bertz CT molecular complexity index is 456. The van der Waals surface area contributed by atoms with E-state index in [2.05, 4.69) is 0 Å². The number of hydrogen-bond donors (Lipinski definition) is 0. The number of carbonyl (C=O) groups excluding carboxylic acids is 2. The molecule has 2 rings (SSSR count). The van der Waals surface area contributed by atoms with Crippen LogP contribution in [0.5, 0.6) is 0 Å². The number of ketones is 2. The molecule has 2 aliphatic rings. The minimum absolute atomic E-state index is 0.0114. The van der Waals surface area contributed by atoms with Gasteiger partial charge in [-0.3, -0.25) is 9.59 Å². The van der Waals surface area contributed by atoms with Gasteiger partial charge in [-0.2, -0.15) is 0 Å². The first kappa shape index (κ1) is 13.1. The molecule has 0 aliphatic heterocycles. The summed E-state index contributed by atoms with van der Waals surface area (Å²) in [6.07, 6.45) is 5.29. The molecular formula is C15H20O3. The summed E-state index contributed by atoms with van der Waals surface area (Å²) >= 11 is 0. The predicted octanol–water partition coefficient (Wildman–Crippen LogP) is 2.67. The summed E-state index contributed by atoms with van der Waals surface area (Å²) in [5.41, 5.74) is -0.0458. The van der Waals surface area contributed by atoms with Crippen molar-refractivity contribution >= 4 is 11.6 Å². The highest BCUT2D eigenvalue weighted by molar-refractivity contribution is 6.14. The van der Waals surface area contributed by atoms with Gasteiger partial charge in [0.05, 0.1) is 7.11 Å². The topological polar surface area (TPSA) is 43.4 Å². The average molecular weight is 248 g/mol. The molecule has 0 aromatic carbocycles. The lowest BCUT2D eigenvalue weighted by atomic mass is 9.60. The normalized spacial score (nSPS) is 31.9. The van der Waals surface area contributed by atoms with E-state index in [1.54, 1.807) is 0 Å². The third kappa shape index (κ3) is 1.64. The maximum atomic E-state index is 12.6. The van der Waals surface area contributed by atoms with E-state index in [4.69, 9.17) is 4.74 Å². The number of allylic oxidation sites excluding steroid dienone is 4. The number of methoxy groups -OCH3 is 1. The SMILES string of the molecule is COC1=C(C(C)C)C(=O)[C@@H]2CC=CC[C@]2(C)C1=O. The number of rotatable bonds is 2. The first-order valence-electron chi connectivity index (χ1n) is 6.45. The van der Waals surface area contributed by atoms with Crippen LogP contribution in [-0.4, -0.2) is 18.7 Å². The van der Waals surface area contributed by atoms with Crippen LogP contribution in [-0.2, 0) is 14.3 Å². The van der Waals surface area contributed by atoms with Crippen LogP contribution in [0.15, 0.2) is 23.5 Å². The van der Waals surface area contributed by atoms with E-state index in [0.29, 0.717) is 18.4 Å². The van der Waals surface area contributed by atoms with E-state index >= 15 is 0 Å². The highest BCUT2D eigenvalue weighted by Crippen LogP contribution is 2.47. The van der Waals surface area contributed by atoms with Gasteiger partial charge < -0.3 is 4.74 Å². The second-order valence-corrected chi connectivity index (χ2v) is 5.68. The summed E-state index contributed by atoms with van der Waals surface area (Å²) in [5, 5.41) is 0. The molecule has 0 heterocycles. The molecule has 0 aromatic rings. The first-order valence-corrected chi connectivity index (χ1v) is 6.45. The molecule has 0 radical (unpaired) electrons. The Morgan fingerprint density at radius 2 is 2.00 bits per heavy atom. The fourth-order valence-corrected chi connectivity index (χ4v) is 3.04. The van der Waals surface area contributed by atoms with E-state index in [-0.39, 0.29) is 29.2 Å². The predicted molar refractivity (Wildman–Crippen MR) is 68.9 cm³/mol. The van der Waals surface area contributed by atoms with Gasteiger partial charge in [-0.15, -0.1) is 0 Å². The van der Waals surface area contributed by atoms with E-state index in [9.17, 15) is 9.59 Å². The van der Waals surface area contributed by atoms with Crippen molar-refractivity contribution in [2.45, 2.75) is 33.6 Å². The molecule has 0 bridgehead atoms. The number of Topliss-reactive ketones (excluding diaryl/α,β-unsaturated/α-hetero) is 2. The maximum Gasteiger partial charge on any atom is 0.204 e. The molecular weight excluding hydrogens is 228 g/mol. The van der Waals surface area contributed by atoms with Gasteiger partial charge in [0, 0.05) is 16.9 Å². The molecule has 0 N–H and O–H groups in total. The minimum atomic E-state index is -0.616. The van der Waals surface area contributed by atoms with Crippen LogP contribution < -0.4 is 0 Å². The molecule has 0 spiro atoms. The van der Waals surface area contributed by atoms with Crippen LogP contribution in [0.2, 0.25) is 0 Å². The second-order valence-electron chi connectivity index (χ2n) is 5.68. The lowest BCUT2D eigenvalue weighted by Crippen LogP contribution is -2.48. The average Bonchev–Trinajstić information content (AvgIpc) is 2.33. The lowest BCUT2D eigenvalue weighted by Gasteiger charge is -2.41. The summed E-state index contributed by atoms with van der Waals surface area (Å²) < 4.78 is 5.25. The Morgan fingerprint density at radius 1 is 1.33 bits per heavy atom. The van der Waals surface area contributed by atoms with Crippen LogP contribution in [0.25, 0.3) is 0 Å². The van der Waals surface area contributed by atoms with Crippen molar-refractivity contribution in [2.75, 3.05) is 7.11 Å². The number of fused-ring (bicyclic) bond motifs is 1. The van der Waals surface area contributed by atoms with Gasteiger partial charge in [-0.1, -0.05) is 32.9 Å². The Hall–Kier alpha value is -1.38. The molecule has 2 aliphatic carbocycles. The van der Waals surface area contributed by atoms with Crippen molar-refractivity contribution in [3.63, 3.8) is 0 Å². The smallest absolute Gasteiger partial charge is 0.204 e. The van der Waals surface area contributed by atoms with Gasteiger partial charge in [0.25, 0.3) is 0 Å². The summed E-state index contributed by atoms with van der Waals surface area (Å²) in [4.78, 5) is 25.2. The third-order valence-corrected chi connectivity index (χ3v) is 4.18. The highest BCUT2D eigenvalue weighted by Gasteiger charge is 2.52. The van der Waals surface area contributed by atoms with Gasteiger partial charge in [-0.25, -0.2) is 0 Å². The van der Waals surface area contributed by atoms with Crippen molar-refractivity contribution in [3.8, 4) is 0 Å². The van der Waals surface area contributed by atoms with Crippen LogP contribution >= 0.6 is 0 Å². The fraction of sp³-hybridized carbons (Fsp3) is 0.600. The van der Waals surface area contributed by atoms with Crippen LogP contribution in [0.4, 0.5) is 0 Å². The van der Waals surface area contributed by atoms with Gasteiger partial charge in [-0.05, 0) is 18.8 Å². The van der Waals surface area contributed by atoms with Crippen molar-refractivity contribution in [1.29, 1.82) is 0 Å². The van der Waals surface area contributed by atoms with Crippen molar-refractivity contribution in [3.05, 3.63) is 23.5 Å². The largest absolute Gasteiger partial charge is 0.493 e. The molecule has 18 heavy (non-hydrogen) atoms. The van der Waals surface area contributed by atoms with E-state index in [1.807, 2.05) is 32.9 Å². The molecule has 0 saturated heterocycles. The zero-order valence-corrected chi connectivity index (χ0v) is 11.4. The van der Waals surface area contributed by atoms with E-state index in [1.165, 1.54) is 7.11 Å².